The number of rotatable bonds is 3. The summed E-state index contributed by atoms with van der Waals surface area (Å²) in [6, 6.07) is 19.3. The molecule has 0 unspecified atom stereocenters. The van der Waals surface area contributed by atoms with Crippen molar-refractivity contribution in [2.24, 2.45) is 0 Å². The molecule has 186 valence electrons. The van der Waals surface area contributed by atoms with Crippen LogP contribution in [0.5, 0.6) is 0 Å². The van der Waals surface area contributed by atoms with Gasteiger partial charge in [-0.3, -0.25) is 0 Å². The van der Waals surface area contributed by atoms with Crippen LogP contribution in [0.15, 0.2) is 91.0 Å². The quantitative estimate of drug-likeness (QED) is 0.0763. The average molecular weight is 742 g/mol. The monoisotopic (exact) mass is 742 g/mol. The summed E-state index contributed by atoms with van der Waals surface area (Å²) in [7, 11) is 9.97. The van der Waals surface area contributed by atoms with Crippen LogP contribution >= 0.6 is 28.3 Å². The minimum absolute atomic E-state index is 0.661. The van der Waals surface area contributed by atoms with E-state index in [1.807, 2.05) is 66.9 Å². The minimum Gasteiger partial charge on any atom is -0.340 e. The number of hydrogen-bond acceptors (Lipinski definition) is 9. The Labute approximate surface area is 236 Å². The number of nitrogens with one attached hydrogen (secondary N) is 3. The molecule has 0 saturated heterocycles. The van der Waals surface area contributed by atoms with Gasteiger partial charge in [0.15, 0.2) is 17.1 Å². The molecule has 6 rings (SSSR count). The van der Waals surface area contributed by atoms with E-state index in [2.05, 4.69) is 45.2 Å². The van der Waals surface area contributed by atoms with Gasteiger partial charge in [0.2, 0.25) is 0 Å². The normalized spacial score (nSPS) is 9.59. The van der Waals surface area contributed by atoms with Crippen LogP contribution in [0.3, 0.4) is 0 Å². The number of imidazole rings is 2. The zero-order valence-electron chi connectivity index (χ0n) is 19.7. The van der Waals surface area contributed by atoms with Gasteiger partial charge in [0.25, 0.3) is 0 Å². The van der Waals surface area contributed by atoms with E-state index in [9.17, 15) is 0 Å². The maximum Gasteiger partial charge on any atom is 0.182 e. The third-order valence-electron chi connectivity index (χ3n) is 4.44. The van der Waals surface area contributed by atoms with Gasteiger partial charge in [-0.05, 0) is 30.5 Å². The molecule has 0 radical (unpaired) electrons. The first-order valence-electron chi connectivity index (χ1n) is 10.7. The van der Waals surface area contributed by atoms with Crippen molar-refractivity contribution in [3.05, 3.63) is 86.0 Å². The standard InChI is InChI=1S/C11H9N5.C6H6N4S.C6H7N.2ClH.Hg/c1-2-4-8(5-3-1)16-11-9-10(13-6-12-9)14-7-15-11;1-11-6-4-5(8-2-7-4)9-3-10-6;7-6-4-2-1-3-5-6;;;/h1-7H,(H2,12,13,14,15,16);2-3H,1H3,(H,7,8,9,10);1-5H,7H2;2*1H;/q;;;;;+2/p-2. The summed E-state index contributed by atoms with van der Waals surface area (Å²) < 4.78 is 0. The Morgan fingerprint density at radius 1 is 0.757 bits per heavy atom. The second-order valence-electron chi connectivity index (χ2n) is 6.81. The Bertz CT molecular complexity index is 1470. The predicted molar refractivity (Wildman–Crippen MR) is 147 cm³/mol. The summed E-state index contributed by atoms with van der Waals surface area (Å²) in [5.74, 6) is 0.730. The van der Waals surface area contributed by atoms with Crippen LogP contribution in [-0.2, 0) is 22.1 Å². The number of hydrogen-bond donors (Lipinski definition) is 4. The number of thioether (sulfide) groups is 1. The third kappa shape index (κ3) is 9.11. The fraction of sp³-hybridized carbons (Fsp3) is 0.0435. The Morgan fingerprint density at radius 3 is 1.86 bits per heavy atom. The van der Waals surface area contributed by atoms with E-state index in [0.717, 1.165) is 38.9 Å². The second kappa shape index (κ2) is 16.0. The van der Waals surface area contributed by atoms with Crippen molar-refractivity contribution in [3.63, 3.8) is 0 Å². The number of nitrogens with two attached hydrogens (primary N) is 1. The molecule has 0 fully saturated rings. The van der Waals surface area contributed by atoms with Crippen molar-refractivity contribution in [1.82, 2.24) is 39.9 Å². The van der Waals surface area contributed by atoms with Gasteiger partial charge in [-0.15, -0.1) is 11.8 Å². The molecule has 4 aromatic heterocycles. The number of para-hydroxylation sites is 2. The van der Waals surface area contributed by atoms with Crippen molar-refractivity contribution in [2.45, 2.75) is 5.03 Å². The number of halogens is 2. The molecule has 4 heterocycles. The minimum atomic E-state index is -1.14. The van der Waals surface area contributed by atoms with E-state index in [-0.39, 0.29) is 0 Å². The maximum atomic E-state index is 5.36. The topological polar surface area (TPSA) is 147 Å². The van der Waals surface area contributed by atoms with Crippen molar-refractivity contribution in [2.75, 3.05) is 17.3 Å². The summed E-state index contributed by atoms with van der Waals surface area (Å²) >= 11 is 0.442. The van der Waals surface area contributed by atoms with Crippen molar-refractivity contribution in [3.8, 4) is 0 Å². The molecule has 0 saturated carbocycles. The Morgan fingerprint density at radius 2 is 1.30 bits per heavy atom. The van der Waals surface area contributed by atoms with Crippen LogP contribution in [0.4, 0.5) is 17.2 Å². The van der Waals surface area contributed by atoms with Gasteiger partial charge >= 0.3 is 38.6 Å². The molecule has 0 aliphatic rings. The molecule has 14 heteroatoms. The van der Waals surface area contributed by atoms with Gasteiger partial charge < -0.3 is 21.0 Å². The van der Waals surface area contributed by atoms with Crippen LogP contribution in [-0.4, -0.2) is 46.1 Å². The van der Waals surface area contributed by atoms with Crippen molar-refractivity contribution in [1.29, 1.82) is 0 Å². The number of nitrogens with zero attached hydrogens (tertiary/aromatic N) is 6. The average Bonchev–Trinajstić information content (AvgIpc) is 3.61. The number of anilines is 3. The number of aromatic amines is 2. The van der Waals surface area contributed by atoms with E-state index in [0.29, 0.717) is 5.65 Å². The predicted octanol–water partition coefficient (Wildman–Crippen LogP) is 5.82. The molecule has 37 heavy (non-hydrogen) atoms. The Kier molecular flexibility index (Phi) is 12.3. The number of nitrogen functional groups attached to an aromatic ring is 1. The largest absolute Gasteiger partial charge is 0.340 e. The molecule has 10 nitrogen and oxygen atoms in total. The molecule has 0 spiro atoms. The fourth-order valence-electron chi connectivity index (χ4n) is 2.87. The molecular weight excluding hydrogens is 720 g/mol. The second-order valence-corrected chi connectivity index (χ2v) is 15.5. The van der Waals surface area contributed by atoms with Crippen molar-refractivity contribution < 1.29 is 22.1 Å². The summed E-state index contributed by atoms with van der Waals surface area (Å²) in [6.45, 7) is 0. The van der Waals surface area contributed by atoms with E-state index in [1.165, 1.54) is 12.7 Å². The zero-order valence-corrected chi connectivity index (χ0v) is 27.5. The first kappa shape index (κ1) is 28.6. The molecule has 0 bridgehead atoms. The van der Waals surface area contributed by atoms with Gasteiger partial charge in [-0.25, -0.2) is 29.9 Å². The first-order chi connectivity index (χ1) is 18.2. The van der Waals surface area contributed by atoms with Gasteiger partial charge in [0.1, 0.15) is 28.7 Å². The third-order valence-corrected chi connectivity index (χ3v) is 5.14. The smallest absolute Gasteiger partial charge is 0.182 e. The summed E-state index contributed by atoms with van der Waals surface area (Å²) in [4.78, 5) is 30.4. The Hall–Kier alpha value is -2.99. The van der Waals surface area contributed by atoms with Crippen LogP contribution in [0.1, 0.15) is 0 Å². The number of fused-ring (bicyclic) bond motifs is 2. The zero-order chi connectivity index (χ0) is 26.3. The van der Waals surface area contributed by atoms with Crippen molar-refractivity contribution >= 4 is 67.8 Å². The number of aromatic nitrogens is 8. The van der Waals surface area contributed by atoms with Crippen LogP contribution < -0.4 is 11.1 Å². The van der Waals surface area contributed by atoms with E-state index in [4.69, 9.17) is 22.2 Å². The van der Waals surface area contributed by atoms with Crippen LogP contribution in [0, 0.1) is 0 Å². The molecule has 0 atom stereocenters. The molecule has 0 aliphatic heterocycles. The van der Waals surface area contributed by atoms with Gasteiger partial charge in [-0.1, -0.05) is 36.4 Å². The van der Waals surface area contributed by atoms with Gasteiger partial charge in [0, 0.05) is 11.4 Å². The molecule has 2 aromatic carbocycles. The fourth-order valence-corrected chi connectivity index (χ4v) is 3.38. The van der Waals surface area contributed by atoms with Gasteiger partial charge in [0.05, 0.1) is 12.7 Å². The summed E-state index contributed by atoms with van der Waals surface area (Å²) in [5, 5.41) is 4.15. The molecular formula is C23H22Cl2HgN10S. The van der Waals surface area contributed by atoms with Gasteiger partial charge in [-0.2, -0.15) is 0 Å². The molecule has 0 amide bonds. The first-order valence-corrected chi connectivity index (χ1v) is 25.5. The van der Waals surface area contributed by atoms with E-state index < -0.39 is 22.1 Å². The molecule has 6 aromatic rings. The maximum absolute atomic E-state index is 5.36. The van der Waals surface area contributed by atoms with Crippen LogP contribution in [0.2, 0.25) is 0 Å². The summed E-state index contributed by atoms with van der Waals surface area (Å²) in [5.41, 5.74) is 10.3. The van der Waals surface area contributed by atoms with E-state index in [1.54, 1.807) is 24.4 Å². The molecule has 0 aliphatic carbocycles. The van der Waals surface area contributed by atoms with Crippen LogP contribution in [0.25, 0.3) is 22.3 Å². The molecule has 5 N–H and O–H groups in total. The number of benzene rings is 2. The SMILES string of the molecule is CSc1ncnc2nc[nH]c12.Nc1ccccc1.[Cl][Hg][Cl].c1ccc(Nc2ncnc3nc[nH]c23)cc1. The van der Waals surface area contributed by atoms with E-state index >= 15 is 0 Å². The summed E-state index contributed by atoms with van der Waals surface area (Å²) in [6.07, 6.45) is 8.22. The number of H-pyrrole nitrogens is 2. The Balaban J connectivity index is 0.000000157.